The van der Waals surface area contributed by atoms with Crippen LogP contribution in [-0.4, -0.2) is 14.8 Å². The monoisotopic (exact) mass is 437 g/mol. The van der Waals surface area contributed by atoms with Crippen LogP contribution in [0, 0.1) is 6.92 Å². The van der Waals surface area contributed by atoms with Crippen LogP contribution in [-0.2, 0) is 12.4 Å². The van der Waals surface area contributed by atoms with Crippen molar-refractivity contribution in [1.82, 2.24) is 14.8 Å². The van der Waals surface area contributed by atoms with E-state index in [9.17, 15) is 0 Å². The molecule has 32 heavy (non-hydrogen) atoms. The Bertz CT molecular complexity index is 1330. The van der Waals surface area contributed by atoms with Gasteiger partial charge >= 0.3 is 0 Å². The van der Waals surface area contributed by atoms with Gasteiger partial charge in [-0.05, 0) is 36.1 Å². The summed E-state index contributed by atoms with van der Waals surface area (Å²) in [6.45, 7) is 2.42. The second-order valence-electron chi connectivity index (χ2n) is 7.61. The molecule has 0 saturated carbocycles. The van der Waals surface area contributed by atoms with Gasteiger partial charge in [0.2, 0.25) is 0 Å². The Labute approximate surface area is 191 Å². The predicted octanol–water partition coefficient (Wildman–Crippen LogP) is 6.60. The van der Waals surface area contributed by atoms with Crippen LogP contribution in [0.3, 0.4) is 0 Å². The molecular formula is C27H23N3OS. The van der Waals surface area contributed by atoms with E-state index < -0.39 is 0 Å². The van der Waals surface area contributed by atoms with E-state index in [-0.39, 0.29) is 0 Å². The van der Waals surface area contributed by atoms with Crippen molar-refractivity contribution < 1.29 is 4.74 Å². The number of fused-ring (bicyclic) bond motifs is 1. The van der Waals surface area contributed by atoms with Gasteiger partial charge in [0.25, 0.3) is 0 Å². The van der Waals surface area contributed by atoms with Gasteiger partial charge in [-0.1, -0.05) is 96.2 Å². The molecule has 4 nitrogen and oxygen atoms in total. The maximum absolute atomic E-state index is 6.23. The molecule has 5 rings (SSSR count). The zero-order chi connectivity index (χ0) is 21.8. The molecule has 0 amide bonds. The summed E-state index contributed by atoms with van der Waals surface area (Å²) in [5, 5.41) is 12.1. The number of aryl methyl sites for hydroxylation is 1. The summed E-state index contributed by atoms with van der Waals surface area (Å²) in [6.07, 6.45) is 0. The highest BCUT2D eigenvalue weighted by molar-refractivity contribution is 7.98. The van der Waals surface area contributed by atoms with E-state index in [1.807, 2.05) is 30.3 Å². The van der Waals surface area contributed by atoms with E-state index in [1.165, 1.54) is 11.1 Å². The second-order valence-corrected chi connectivity index (χ2v) is 8.55. The molecule has 1 aromatic heterocycles. The van der Waals surface area contributed by atoms with Gasteiger partial charge in [-0.3, -0.25) is 4.57 Å². The summed E-state index contributed by atoms with van der Waals surface area (Å²) in [6, 6.07) is 33.2. The van der Waals surface area contributed by atoms with Crippen LogP contribution in [0.1, 0.15) is 17.0 Å². The number of hydrogen-bond acceptors (Lipinski definition) is 4. The van der Waals surface area contributed by atoms with Crippen molar-refractivity contribution in [2.45, 2.75) is 24.4 Å². The molecule has 1 heterocycles. The fraction of sp³-hybridized carbons (Fsp3) is 0.111. The zero-order valence-electron chi connectivity index (χ0n) is 17.8. The van der Waals surface area contributed by atoms with Crippen molar-refractivity contribution in [3.8, 4) is 11.4 Å². The molecular weight excluding hydrogens is 414 g/mol. The molecule has 158 valence electrons. The van der Waals surface area contributed by atoms with Gasteiger partial charge in [0.15, 0.2) is 11.0 Å². The third kappa shape index (κ3) is 4.39. The maximum Gasteiger partial charge on any atom is 0.196 e. The Kier molecular flexibility index (Phi) is 5.90. The minimum absolute atomic E-state index is 0.334. The lowest BCUT2D eigenvalue weighted by Crippen LogP contribution is -2.07. The molecule has 5 heteroatoms. The number of aromatic nitrogens is 3. The Morgan fingerprint density at radius 3 is 2.38 bits per heavy atom. The van der Waals surface area contributed by atoms with E-state index in [1.54, 1.807) is 11.8 Å². The van der Waals surface area contributed by atoms with E-state index in [2.05, 4.69) is 88.4 Å². The van der Waals surface area contributed by atoms with Crippen molar-refractivity contribution in [2.75, 3.05) is 0 Å². The van der Waals surface area contributed by atoms with E-state index in [0.717, 1.165) is 38.9 Å². The summed E-state index contributed by atoms with van der Waals surface area (Å²) >= 11 is 1.68. The van der Waals surface area contributed by atoms with Gasteiger partial charge in [0.05, 0.1) is 0 Å². The number of nitrogens with zero attached hydrogens (tertiary/aromatic N) is 3. The summed E-state index contributed by atoms with van der Waals surface area (Å²) in [4.78, 5) is 0. The second kappa shape index (κ2) is 9.28. The first-order chi connectivity index (χ1) is 15.8. The smallest absolute Gasteiger partial charge is 0.196 e. The van der Waals surface area contributed by atoms with Crippen LogP contribution in [0.5, 0.6) is 5.75 Å². The summed E-state index contributed by atoms with van der Waals surface area (Å²) in [7, 11) is 0. The highest BCUT2D eigenvalue weighted by Crippen LogP contribution is 2.28. The molecule has 0 unspecified atom stereocenters. The number of benzene rings is 4. The van der Waals surface area contributed by atoms with Crippen LogP contribution >= 0.6 is 11.8 Å². The van der Waals surface area contributed by atoms with E-state index in [4.69, 9.17) is 4.74 Å². The average molecular weight is 438 g/mol. The third-order valence-corrected chi connectivity index (χ3v) is 6.31. The first-order valence-electron chi connectivity index (χ1n) is 10.6. The molecule has 0 radical (unpaired) electrons. The maximum atomic E-state index is 6.23. The molecule has 0 saturated heterocycles. The molecule has 0 bridgehead atoms. The molecule has 4 aromatic carbocycles. The highest BCUT2D eigenvalue weighted by atomic mass is 32.2. The van der Waals surface area contributed by atoms with Gasteiger partial charge < -0.3 is 4.74 Å². The Balaban J connectivity index is 1.44. The zero-order valence-corrected chi connectivity index (χ0v) is 18.6. The molecule has 0 fully saturated rings. The summed E-state index contributed by atoms with van der Waals surface area (Å²) in [5.74, 6) is 2.45. The standard InChI is InChI=1S/C27H23N3OS/c1-20-14-16-23(17-15-20)30-26(28-29-27(30)32-19-21-8-3-2-4-9-21)18-31-25-13-7-11-22-10-5-6-12-24(22)25/h2-17H,18-19H2,1H3. The molecule has 0 aliphatic heterocycles. The fourth-order valence-corrected chi connectivity index (χ4v) is 4.55. The SMILES string of the molecule is Cc1ccc(-n2c(COc3cccc4ccccc34)nnc2SCc2ccccc2)cc1. The molecule has 0 N–H and O–H groups in total. The normalized spacial score (nSPS) is 11.0. The fourth-order valence-electron chi connectivity index (χ4n) is 3.63. The quantitative estimate of drug-likeness (QED) is 0.269. The Morgan fingerprint density at radius 2 is 1.53 bits per heavy atom. The lowest BCUT2D eigenvalue weighted by Gasteiger charge is -2.12. The van der Waals surface area contributed by atoms with Gasteiger partial charge in [0.1, 0.15) is 12.4 Å². The predicted molar refractivity (Wildman–Crippen MR) is 130 cm³/mol. The van der Waals surface area contributed by atoms with E-state index >= 15 is 0 Å². The van der Waals surface area contributed by atoms with Crippen molar-refractivity contribution in [3.05, 3.63) is 114 Å². The minimum atomic E-state index is 0.334. The summed E-state index contributed by atoms with van der Waals surface area (Å²) in [5.41, 5.74) is 3.51. The molecule has 0 atom stereocenters. The van der Waals surface area contributed by atoms with E-state index in [0.29, 0.717) is 6.61 Å². The van der Waals surface area contributed by atoms with Crippen LogP contribution in [0.25, 0.3) is 16.5 Å². The Morgan fingerprint density at radius 1 is 0.781 bits per heavy atom. The molecule has 0 spiro atoms. The third-order valence-electron chi connectivity index (χ3n) is 5.31. The van der Waals surface area contributed by atoms with Crippen LogP contribution in [0.4, 0.5) is 0 Å². The van der Waals surface area contributed by atoms with Crippen molar-refractivity contribution >= 4 is 22.5 Å². The minimum Gasteiger partial charge on any atom is -0.485 e. The Hall–Kier alpha value is -3.57. The number of ether oxygens (including phenoxy) is 1. The van der Waals surface area contributed by atoms with Crippen LogP contribution in [0.15, 0.2) is 102 Å². The van der Waals surface area contributed by atoms with Gasteiger partial charge in [-0.2, -0.15) is 0 Å². The topological polar surface area (TPSA) is 39.9 Å². The van der Waals surface area contributed by atoms with Gasteiger partial charge in [-0.25, -0.2) is 0 Å². The number of hydrogen-bond donors (Lipinski definition) is 0. The van der Waals surface area contributed by atoms with Crippen molar-refractivity contribution in [2.24, 2.45) is 0 Å². The van der Waals surface area contributed by atoms with Crippen LogP contribution in [0.2, 0.25) is 0 Å². The molecule has 5 aromatic rings. The lowest BCUT2D eigenvalue weighted by atomic mass is 10.1. The van der Waals surface area contributed by atoms with Gasteiger partial charge in [-0.15, -0.1) is 10.2 Å². The van der Waals surface area contributed by atoms with Crippen molar-refractivity contribution in [1.29, 1.82) is 0 Å². The van der Waals surface area contributed by atoms with Crippen LogP contribution < -0.4 is 4.74 Å². The first-order valence-corrected chi connectivity index (χ1v) is 11.5. The van der Waals surface area contributed by atoms with Crippen molar-refractivity contribution in [3.63, 3.8) is 0 Å². The average Bonchev–Trinajstić information content (AvgIpc) is 3.25. The summed E-state index contributed by atoms with van der Waals surface area (Å²) < 4.78 is 8.33. The molecule has 0 aliphatic carbocycles. The molecule has 0 aliphatic rings. The number of thioether (sulfide) groups is 1. The number of rotatable bonds is 7. The highest BCUT2D eigenvalue weighted by Gasteiger charge is 2.16. The first kappa shape index (κ1) is 20.3. The largest absolute Gasteiger partial charge is 0.485 e. The van der Waals surface area contributed by atoms with Gasteiger partial charge in [0, 0.05) is 16.8 Å². The lowest BCUT2D eigenvalue weighted by molar-refractivity contribution is 0.296.